The maximum Gasteiger partial charge on any atom is 0.264 e. The molecular weight excluding hydrogens is 478 g/mol. The van der Waals surface area contributed by atoms with Crippen molar-refractivity contribution >= 4 is 43.8 Å². The maximum atomic E-state index is 13.3. The first-order valence-electron chi connectivity index (χ1n) is 9.50. The molecule has 0 saturated carbocycles. The van der Waals surface area contributed by atoms with Crippen molar-refractivity contribution in [3.63, 3.8) is 0 Å². The zero-order valence-electron chi connectivity index (χ0n) is 17.1. The van der Waals surface area contributed by atoms with Gasteiger partial charge in [-0.2, -0.15) is 5.10 Å². The number of amides is 1. The average molecular weight is 500 g/mol. The Kier molecular flexibility index (Phi) is 7.25. The van der Waals surface area contributed by atoms with E-state index >= 15 is 0 Å². The second kappa shape index (κ2) is 9.89. The molecule has 0 spiro atoms. The fraction of sp³-hybridized carbons (Fsp3) is 0.130. The molecule has 8 heteroatoms. The van der Waals surface area contributed by atoms with Crippen molar-refractivity contribution in [1.82, 2.24) is 5.43 Å². The minimum atomic E-state index is -3.95. The van der Waals surface area contributed by atoms with E-state index in [1.165, 1.54) is 18.3 Å². The van der Waals surface area contributed by atoms with Crippen LogP contribution in [0.2, 0.25) is 0 Å². The molecule has 0 heterocycles. The number of hydrazone groups is 1. The Balaban J connectivity index is 1.84. The Morgan fingerprint density at radius 3 is 2.16 bits per heavy atom. The maximum absolute atomic E-state index is 13.3. The fourth-order valence-electron chi connectivity index (χ4n) is 2.78. The van der Waals surface area contributed by atoms with E-state index in [2.05, 4.69) is 26.5 Å². The van der Waals surface area contributed by atoms with Gasteiger partial charge in [0.05, 0.1) is 16.8 Å². The van der Waals surface area contributed by atoms with Crippen LogP contribution in [0.5, 0.6) is 0 Å². The van der Waals surface area contributed by atoms with E-state index in [1.54, 1.807) is 36.4 Å². The molecule has 0 aliphatic rings. The number of carbonyl (C=O) groups excluding carboxylic acids is 1. The summed E-state index contributed by atoms with van der Waals surface area (Å²) in [5.41, 5.74) is 5.52. The van der Waals surface area contributed by atoms with Crippen molar-refractivity contribution in [1.29, 1.82) is 0 Å². The van der Waals surface area contributed by atoms with E-state index in [9.17, 15) is 13.2 Å². The second-order valence-electron chi connectivity index (χ2n) is 6.97. The lowest BCUT2D eigenvalue weighted by atomic mass is 10.2. The predicted octanol–water partition coefficient (Wildman–Crippen LogP) is 4.41. The van der Waals surface area contributed by atoms with Gasteiger partial charge in [0.15, 0.2) is 0 Å². The number of carbonyl (C=O) groups is 1. The van der Waals surface area contributed by atoms with Crippen LogP contribution in [-0.4, -0.2) is 27.1 Å². The second-order valence-corrected chi connectivity index (χ2v) is 9.69. The van der Waals surface area contributed by atoms with Crippen molar-refractivity contribution in [3.05, 3.63) is 94.0 Å². The van der Waals surface area contributed by atoms with Crippen LogP contribution in [-0.2, 0) is 14.8 Å². The first-order valence-corrected chi connectivity index (χ1v) is 11.7. The van der Waals surface area contributed by atoms with Crippen LogP contribution in [0, 0.1) is 13.8 Å². The molecule has 0 radical (unpaired) electrons. The lowest BCUT2D eigenvalue weighted by Gasteiger charge is -2.24. The van der Waals surface area contributed by atoms with Crippen molar-refractivity contribution in [2.75, 3.05) is 10.8 Å². The molecule has 0 aliphatic carbocycles. The Morgan fingerprint density at radius 1 is 0.968 bits per heavy atom. The molecule has 6 nitrogen and oxygen atoms in total. The summed E-state index contributed by atoms with van der Waals surface area (Å²) in [5.74, 6) is -0.556. The van der Waals surface area contributed by atoms with Gasteiger partial charge in [-0.15, -0.1) is 0 Å². The van der Waals surface area contributed by atoms with Crippen LogP contribution in [0.15, 0.2) is 87.3 Å². The van der Waals surface area contributed by atoms with E-state index < -0.39 is 22.5 Å². The van der Waals surface area contributed by atoms with Gasteiger partial charge >= 0.3 is 0 Å². The number of halogens is 1. The average Bonchev–Trinajstić information content (AvgIpc) is 2.74. The van der Waals surface area contributed by atoms with Gasteiger partial charge in [-0.3, -0.25) is 9.10 Å². The molecule has 1 amide bonds. The molecule has 1 N–H and O–H groups in total. The molecule has 3 aromatic rings. The smallest absolute Gasteiger partial charge is 0.264 e. The molecule has 160 valence electrons. The first-order chi connectivity index (χ1) is 14.8. The van der Waals surface area contributed by atoms with Gasteiger partial charge in [0.1, 0.15) is 6.54 Å². The van der Waals surface area contributed by atoms with Crippen LogP contribution in [0.4, 0.5) is 5.69 Å². The summed E-state index contributed by atoms with van der Waals surface area (Å²) in [5, 5.41) is 3.95. The normalized spacial score (nSPS) is 11.5. The third kappa shape index (κ3) is 5.80. The summed E-state index contributed by atoms with van der Waals surface area (Å²) in [4.78, 5) is 12.7. The Labute approximate surface area is 190 Å². The van der Waals surface area contributed by atoms with Gasteiger partial charge in [-0.05, 0) is 44.2 Å². The number of sulfonamides is 1. The van der Waals surface area contributed by atoms with Gasteiger partial charge in [0.25, 0.3) is 15.9 Å². The third-order valence-corrected chi connectivity index (χ3v) is 7.03. The highest BCUT2D eigenvalue weighted by molar-refractivity contribution is 9.10. The van der Waals surface area contributed by atoms with Gasteiger partial charge < -0.3 is 0 Å². The summed E-state index contributed by atoms with van der Waals surface area (Å²) in [6.07, 6.45) is 1.49. The van der Waals surface area contributed by atoms with Crippen LogP contribution < -0.4 is 9.73 Å². The number of aryl methyl sites for hydroxylation is 2. The molecule has 0 atom stereocenters. The monoisotopic (exact) mass is 499 g/mol. The molecule has 3 aromatic carbocycles. The van der Waals surface area contributed by atoms with E-state index in [0.717, 1.165) is 25.5 Å². The van der Waals surface area contributed by atoms with E-state index in [1.807, 2.05) is 38.1 Å². The van der Waals surface area contributed by atoms with E-state index in [0.29, 0.717) is 5.69 Å². The van der Waals surface area contributed by atoms with Crippen LogP contribution in [0.3, 0.4) is 0 Å². The summed E-state index contributed by atoms with van der Waals surface area (Å²) < 4.78 is 28.5. The molecule has 0 aliphatic heterocycles. The van der Waals surface area contributed by atoms with Crippen LogP contribution in [0.25, 0.3) is 0 Å². The molecule has 0 bridgehead atoms. The number of anilines is 1. The highest BCUT2D eigenvalue weighted by atomic mass is 79.9. The topological polar surface area (TPSA) is 78.8 Å². The minimum absolute atomic E-state index is 0.114. The standard InChI is InChI=1S/C23H22BrN3O3S/c1-17-7-11-20(12-8-17)27(31(29,30)21-13-9-18(2)10-14-21)16-23(28)26-25-15-19-5-3-4-6-22(19)24/h3-15H,16H2,1-2H3,(H,26,28)/b25-15-. The number of rotatable bonds is 7. The quantitative estimate of drug-likeness (QED) is 0.386. The largest absolute Gasteiger partial charge is 0.271 e. The van der Waals surface area contributed by atoms with Crippen molar-refractivity contribution in [2.45, 2.75) is 18.7 Å². The van der Waals surface area contributed by atoms with Crippen LogP contribution in [0.1, 0.15) is 16.7 Å². The number of nitrogens with zero attached hydrogens (tertiary/aromatic N) is 2. The molecule has 0 saturated heterocycles. The highest BCUT2D eigenvalue weighted by Crippen LogP contribution is 2.24. The Hall–Kier alpha value is -2.97. The third-order valence-electron chi connectivity index (χ3n) is 4.52. The minimum Gasteiger partial charge on any atom is -0.271 e. The number of benzene rings is 3. The van der Waals surface area contributed by atoms with E-state index in [-0.39, 0.29) is 4.90 Å². The molecule has 0 unspecified atom stereocenters. The summed E-state index contributed by atoms with van der Waals surface area (Å²) in [7, 11) is -3.95. The van der Waals surface area contributed by atoms with E-state index in [4.69, 9.17) is 0 Å². The summed E-state index contributed by atoms with van der Waals surface area (Å²) in [6.45, 7) is 3.38. The SMILES string of the molecule is Cc1ccc(N(CC(=O)N/N=C\c2ccccc2Br)S(=O)(=O)c2ccc(C)cc2)cc1. The lowest BCUT2D eigenvalue weighted by molar-refractivity contribution is -0.119. The molecule has 31 heavy (non-hydrogen) atoms. The predicted molar refractivity (Wildman–Crippen MR) is 127 cm³/mol. The number of hydrogen-bond donors (Lipinski definition) is 1. The number of hydrogen-bond acceptors (Lipinski definition) is 4. The van der Waals surface area contributed by atoms with Crippen molar-refractivity contribution < 1.29 is 13.2 Å². The van der Waals surface area contributed by atoms with Crippen LogP contribution >= 0.6 is 15.9 Å². The zero-order chi connectivity index (χ0) is 22.4. The Morgan fingerprint density at radius 2 is 1.55 bits per heavy atom. The highest BCUT2D eigenvalue weighted by Gasteiger charge is 2.27. The molecule has 0 fully saturated rings. The summed E-state index contributed by atoms with van der Waals surface area (Å²) >= 11 is 3.41. The van der Waals surface area contributed by atoms with Crippen molar-refractivity contribution in [2.24, 2.45) is 5.10 Å². The lowest BCUT2D eigenvalue weighted by Crippen LogP contribution is -2.39. The van der Waals surface area contributed by atoms with Gasteiger partial charge in [0.2, 0.25) is 0 Å². The fourth-order valence-corrected chi connectivity index (χ4v) is 4.59. The zero-order valence-corrected chi connectivity index (χ0v) is 19.5. The Bertz CT molecular complexity index is 1190. The molecule has 0 aromatic heterocycles. The molecule has 3 rings (SSSR count). The van der Waals surface area contributed by atoms with Crippen molar-refractivity contribution in [3.8, 4) is 0 Å². The van der Waals surface area contributed by atoms with Gasteiger partial charge in [-0.25, -0.2) is 13.8 Å². The van der Waals surface area contributed by atoms with Gasteiger partial charge in [-0.1, -0.05) is 69.5 Å². The molecular formula is C23H22BrN3O3S. The first kappa shape index (κ1) is 22.7. The number of nitrogens with one attached hydrogen (secondary N) is 1. The van der Waals surface area contributed by atoms with Gasteiger partial charge in [0, 0.05) is 10.0 Å². The summed E-state index contributed by atoms with van der Waals surface area (Å²) in [6, 6.07) is 20.9.